The monoisotopic (exact) mass is 429 g/mol. The van der Waals surface area contributed by atoms with Crippen LogP contribution in [0.25, 0.3) is 0 Å². The van der Waals surface area contributed by atoms with Crippen LogP contribution in [0.4, 0.5) is 10.1 Å². The van der Waals surface area contributed by atoms with Crippen molar-refractivity contribution in [3.8, 4) is 0 Å². The Morgan fingerprint density at radius 3 is 2.39 bits per heavy atom. The Hall–Kier alpha value is -2.16. The summed E-state index contributed by atoms with van der Waals surface area (Å²) in [6, 6.07) is 11.0. The number of sulfonamides is 1. The Morgan fingerprint density at radius 1 is 1.18 bits per heavy atom. The fraction of sp³-hybridized carbons (Fsp3) is 0.316. The second kappa shape index (κ2) is 9.36. The molecule has 0 aliphatic heterocycles. The largest absolute Gasteiger partial charge is 0.345 e. The van der Waals surface area contributed by atoms with Gasteiger partial charge in [-0.1, -0.05) is 32.0 Å². The molecule has 0 heterocycles. The van der Waals surface area contributed by atoms with Gasteiger partial charge in [-0.25, -0.2) is 12.8 Å². The molecule has 0 radical (unpaired) electrons. The number of anilines is 1. The van der Waals surface area contributed by atoms with Crippen LogP contribution in [-0.2, 0) is 10.0 Å². The summed E-state index contributed by atoms with van der Waals surface area (Å²) in [4.78, 5) is 12.4. The summed E-state index contributed by atoms with van der Waals surface area (Å²) in [5.74, 6) is -1.04. The quantitative estimate of drug-likeness (QED) is 0.629. The summed E-state index contributed by atoms with van der Waals surface area (Å²) >= 11 is 0. The molecule has 0 saturated heterocycles. The molecule has 154 valence electrons. The van der Waals surface area contributed by atoms with Crippen molar-refractivity contribution in [2.45, 2.75) is 31.2 Å². The normalized spacial score (nSPS) is 13.4. The molecule has 0 spiro atoms. The van der Waals surface area contributed by atoms with Crippen molar-refractivity contribution >= 4 is 34.0 Å². The van der Waals surface area contributed by atoms with Crippen LogP contribution in [0.2, 0.25) is 0 Å². The number of hydrogen-bond acceptors (Lipinski definition) is 4. The minimum atomic E-state index is -4.05. The third-order valence-corrected chi connectivity index (χ3v) is 5.99. The maximum absolute atomic E-state index is 13.7. The molecule has 1 atom stereocenters. The van der Waals surface area contributed by atoms with Crippen molar-refractivity contribution in [1.82, 2.24) is 5.32 Å². The number of rotatable bonds is 7. The van der Waals surface area contributed by atoms with Crippen LogP contribution < -0.4 is 15.8 Å². The molecule has 0 saturated carbocycles. The van der Waals surface area contributed by atoms with Crippen LogP contribution in [0, 0.1) is 11.7 Å². The van der Waals surface area contributed by atoms with E-state index in [1.165, 1.54) is 42.5 Å². The Bertz CT molecular complexity index is 938. The smallest absolute Gasteiger partial charge is 0.262 e. The van der Waals surface area contributed by atoms with Crippen molar-refractivity contribution < 1.29 is 17.6 Å². The molecule has 28 heavy (non-hydrogen) atoms. The molecule has 6 nitrogen and oxygen atoms in total. The van der Waals surface area contributed by atoms with Gasteiger partial charge in [-0.05, 0) is 43.2 Å². The first-order chi connectivity index (χ1) is 12.6. The molecule has 4 N–H and O–H groups in total. The topological polar surface area (TPSA) is 101 Å². The molecule has 9 heteroatoms. The highest BCUT2D eigenvalue weighted by atomic mass is 35.5. The number of nitrogens with one attached hydrogen (secondary N) is 2. The van der Waals surface area contributed by atoms with Crippen LogP contribution in [0.5, 0.6) is 0 Å². The predicted molar refractivity (Wildman–Crippen MR) is 111 cm³/mol. The second-order valence-electron chi connectivity index (χ2n) is 6.84. The number of benzene rings is 2. The molecule has 0 aliphatic carbocycles. The van der Waals surface area contributed by atoms with Crippen molar-refractivity contribution in [2.24, 2.45) is 11.7 Å². The minimum Gasteiger partial charge on any atom is -0.345 e. The zero-order valence-electron chi connectivity index (χ0n) is 15.9. The molecule has 2 aromatic carbocycles. The lowest BCUT2D eigenvalue weighted by Gasteiger charge is -2.33. The van der Waals surface area contributed by atoms with Gasteiger partial charge in [0.05, 0.1) is 16.1 Å². The Kier molecular flexibility index (Phi) is 7.98. The molecule has 1 amide bonds. The van der Waals surface area contributed by atoms with Crippen LogP contribution in [-0.4, -0.2) is 26.4 Å². The summed E-state index contributed by atoms with van der Waals surface area (Å²) in [6.45, 7) is 5.94. The second-order valence-corrected chi connectivity index (χ2v) is 8.53. The standard InChI is InChI=1S/C19H24FN3O3S.ClH/c1-13(2)19(3,12-21)22-18(24)14-7-6-8-15(11-14)27(25,26)23-17-10-5-4-9-16(17)20;/h4-11,13,23H,12,21H2,1-3H3,(H,22,24);1H. The van der Waals surface area contributed by atoms with E-state index in [2.05, 4.69) is 10.0 Å². The van der Waals surface area contributed by atoms with E-state index < -0.39 is 27.3 Å². The first kappa shape index (κ1) is 23.9. The van der Waals surface area contributed by atoms with Gasteiger partial charge >= 0.3 is 0 Å². The molecule has 0 aliphatic rings. The highest BCUT2D eigenvalue weighted by Gasteiger charge is 2.29. The molecular weight excluding hydrogens is 405 g/mol. The van der Waals surface area contributed by atoms with Gasteiger partial charge < -0.3 is 11.1 Å². The molecule has 0 aromatic heterocycles. The maximum Gasteiger partial charge on any atom is 0.262 e. The third kappa shape index (κ3) is 5.43. The van der Waals surface area contributed by atoms with Gasteiger partial charge in [0.25, 0.3) is 15.9 Å². The lowest BCUT2D eigenvalue weighted by Crippen LogP contribution is -2.55. The van der Waals surface area contributed by atoms with Crippen molar-refractivity contribution in [2.75, 3.05) is 11.3 Å². The molecule has 0 fully saturated rings. The van der Waals surface area contributed by atoms with E-state index in [1.54, 1.807) is 0 Å². The third-order valence-electron chi connectivity index (χ3n) is 4.62. The average molecular weight is 430 g/mol. The van der Waals surface area contributed by atoms with Crippen LogP contribution in [0.3, 0.4) is 0 Å². The number of carbonyl (C=O) groups is 1. The van der Waals surface area contributed by atoms with Gasteiger partial charge in [0, 0.05) is 12.1 Å². The van der Waals surface area contributed by atoms with Crippen molar-refractivity contribution in [3.63, 3.8) is 0 Å². The van der Waals surface area contributed by atoms with Crippen LogP contribution in [0.15, 0.2) is 53.4 Å². The number of nitrogens with two attached hydrogens (primary N) is 1. The Balaban J connectivity index is 0.00000392. The summed E-state index contributed by atoms with van der Waals surface area (Å²) in [7, 11) is -4.05. The van der Waals surface area contributed by atoms with E-state index in [-0.39, 0.29) is 41.0 Å². The zero-order chi connectivity index (χ0) is 20.2. The molecule has 2 aromatic rings. The first-order valence-corrected chi connectivity index (χ1v) is 9.97. The van der Waals surface area contributed by atoms with Gasteiger partial charge in [0.15, 0.2) is 0 Å². The SMILES string of the molecule is CC(C)C(C)(CN)NC(=O)c1cccc(S(=O)(=O)Nc2ccccc2F)c1.Cl. The highest BCUT2D eigenvalue weighted by molar-refractivity contribution is 7.92. The molecule has 0 bridgehead atoms. The number of halogens is 2. The van der Waals surface area contributed by atoms with Gasteiger partial charge in [-0.3, -0.25) is 9.52 Å². The summed E-state index contributed by atoms with van der Waals surface area (Å²) in [5.41, 5.74) is 5.16. The number of hydrogen-bond donors (Lipinski definition) is 3. The van der Waals surface area contributed by atoms with Crippen LogP contribution in [0.1, 0.15) is 31.1 Å². The van der Waals surface area contributed by atoms with E-state index >= 15 is 0 Å². The maximum atomic E-state index is 13.7. The fourth-order valence-corrected chi connectivity index (χ4v) is 3.43. The van der Waals surface area contributed by atoms with E-state index in [0.29, 0.717) is 0 Å². The van der Waals surface area contributed by atoms with Crippen molar-refractivity contribution in [3.05, 3.63) is 59.9 Å². The number of para-hydroxylation sites is 1. The number of amides is 1. The Labute approximate surface area is 171 Å². The summed E-state index contributed by atoms with van der Waals surface area (Å²) in [6.07, 6.45) is 0. The number of carbonyl (C=O) groups excluding carboxylic acids is 1. The minimum absolute atomic E-state index is 0. The van der Waals surface area contributed by atoms with Gasteiger partial charge in [-0.2, -0.15) is 0 Å². The van der Waals surface area contributed by atoms with Gasteiger partial charge in [-0.15, -0.1) is 12.4 Å². The highest BCUT2D eigenvalue weighted by Crippen LogP contribution is 2.21. The molecule has 1 unspecified atom stereocenters. The predicted octanol–water partition coefficient (Wildman–Crippen LogP) is 3.15. The van der Waals surface area contributed by atoms with Gasteiger partial charge in [0.1, 0.15) is 5.82 Å². The average Bonchev–Trinajstić information content (AvgIpc) is 2.63. The van der Waals surface area contributed by atoms with E-state index in [0.717, 1.165) is 6.07 Å². The van der Waals surface area contributed by atoms with Crippen molar-refractivity contribution in [1.29, 1.82) is 0 Å². The van der Waals surface area contributed by atoms with E-state index in [1.807, 2.05) is 20.8 Å². The van der Waals surface area contributed by atoms with Gasteiger partial charge in [0.2, 0.25) is 0 Å². The lowest BCUT2D eigenvalue weighted by molar-refractivity contribution is 0.0883. The van der Waals surface area contributed by atoms with E-state index in [4.69, 9.17) is 5.73 Å². The Morgan fingerprint density at radius 2 is 1.82 bits per heavy atom. The zero-order valence-corrected chi connectivity index (χ0v) is 17.5. The molecular formula is C19H25ClFN3O3S. The summed E-state index contributed by atoms with van der Waals surface area (Å²) in [5, 5.41) is 2.86. The van der Waals surface area contributed by atoms with E-state index in [9.17, 15) is 17.6 Å². The first-order valence-electron chi connectivity index (χ1n) is 8.49. The van der Waals surface area contributed by atoms with Crippen LogP contribution >= 0.6 is 12.4 Å². The lowest BCUT2D eigenvalue weighted by atomic mass is 9.88. The summed E-state index contributed by atoms with van der Waals surface area (Å²) < 4.78 is 41.0. The molecule has 2 rings (SSSR count). The fourth-order valence-electron chi connectivity index (χ4n) is 2.31.